The molecule has 10 heavy (non-hydrogen) atoms. The zero-order valence-corrected chi connectivity index (χ0v) is 6.98. The highest BCUT2D eigenvalue weighted by Crippen LogP contribution is 2.00. The molecule has 2 nitrogen and oxygen atoms in total. The number of hydrogen-bond donors (Lipinski definition) is 1. The highest BCUT2D eigenvalue weighted by molar-refractivity contribution is 4.83. The van der Waals surface area contributed by atoms with Crippen LogP contribution >= 0.6 is 0 Å². The predicted molar refractivity (Wildman–Crippen MR) is 43.9 cm³/mol. The summed E-state index contributed by atoms with van der Waals surface area (Å²) in [5.41, 5.74) is 0. The highest BCUT2D eigenvalue weighted by Gasteiger charge is 2.09. The maximum atomic E-state index is 3.34. The minimum atomic E-state index is 1.16. The molecule has 0 bridgehead atoms. The minimum absolute atomic E-state index is 1.16. The number of hydrogen-bond acceptors (Lipinski definition) is 2. The van der Waals surface area contributed by atoms with E-state index in [1.54, 1.807) is 0 Å². The van der Waals surface area contributed by atoms with E-state index in [9.17, 15) is 0 Å². The molecule has 0 aromatic carbocycles. The minimum Gasteiger partial charge on any atom is -0.314 e. The molecule has 2 heteroatoms. The third-order valence-corrected chi connectivity index (χ3v) is 1.75. The fraction of sp³-hybridized carbons (Fsp3) is 0.875. The molecule has 59 valence electrons. The first-order valence-corrected chi connectivity index (χ1v) is 4.01. The molecule has 0 aliphatic carbocycles. The van der Waals surface area contributed by atoms with Crippen LogP contribution in [0, 0.1) is 5.92 Å². The standard InChI is InChI=1S/C8H17N2/c1-8(2)7-10-5-3-9-4-6-10/h9H,3-7H2,1-2H3. The monoisotopic (exact) mass is 141 g/mol. The number of nitrogens with zero attached hydrogens (tertiary/aromatic N) is 1. The van der Waals surface area contributed by atoms with Gasteiger partial charge in [0.1, 0.15) is 0 Å². The number of piperazine rings is 1. The molecule has 0 aromatic rings. The molecule has 1 saturated heterocycles. The Morgan fingerprint density at radius 1 is 1.30 bits per heavy atom. The van der Waals surface area contributed by atoms with Gasteiger partial charge >= 0.3 is 0 Å². The van der Waals surface area contributed by atoms with E-state index in [1.165, 1.54) is 25.6 Å². The molecule has 1 rings (SSSR count). The smallest absolute Gasteiger partial charge is 0.0108 e. The van der Waals surface area contributed by atoms with Gasteiger partial charge in [0, 0.05) is 32.7 Å². The lowest BCUT2D eigenvalue weighted by Gasteiger charge is -2.28. The van der Waals surface area contributed by atoms with Crippen molar-refractivity contribution in [3.05, 3.63) is 5.92 Å². The first-order chi connectivity index (χ1) is 4.79. The average Bonchev–Trinajstić information content (AvgIpc) is 1.88. The van der Waals surface area contributed by atoms with Gasteiger partial charge in [-0.15, -0.1) is 0 Å². The zero-order chi connectivity index (χ0) is 7.40. The molecule has 0 unspecified atom stereocenters. The van der Waals surface area contributed by atoms with Crippen LogP contribution < -0.4 is 5.32 Å². The van der Waals surface area contributed by atoms with Gasteiger partial charge in [-0.05, 0) is 5.92 Å². The molecular weight excluding hydrogens is 124 g/mol. The summed E-state index contributed by atoms with van der Waals surface area (Å²) in [6, 6.07) is 0. The Hall–Kier alpha value is -0.0800. The van der Waals surface area contributed by atoms with E-state index < -0.39 is 0 Å². The van der Waals surface area contributed by atoms with E-state index in [-0.39, 0.29) is 0 Å². The second-order valence-electron chi connectivity index (χ2n) is 3.23. The SMILES string of the molecule is C[C](C)CN1CCNCC1. The molecule has 1 radical (unpaired) electrons. The highest BCUT2D eigenvalue weighted by atomic mass is 15.2. The van der Waals surface area contributed by atoms with Gasteiger partial charge in [-0.1, -0.05) is 13.8 Å². The molecule has 0 spiro atoms. The Balaban J connectivity index is 2.13. The Labute approximate surface area is 63.6 Å². The van der Waals surface area contributed by atoms with E-state index in [1.807, 2.05) is 0 Å². The van der Waals surface area contributed by atoms with Crippen LogP contribution in [0.15, 0.2) is 0 Å². The largest absolute Gasteiger partial charge is 0.314 e. The summed E-state index contributed by atoms with van der Waals surface area (Å²) in [6.07, 6.45) is 0. The maximum absolute atomic E-state index is 3.34. The summed E-state index contributed by atoms with van der Waals surface area (Å²) in [5, 5.41) is 3.34. The summed E-state index contributed by atoms with van der Waals surface area (Å²) in [6.45, 7) is 10.3. The van der Waals surface area contributed by atoms with Crippen molar-refractivity contribution in [1.29, 1.82) is 0 Å². The Morgan fingerprint density at radius 3 is 2.40 bits per heavy atom. The van der Waals surface area contributed by atoms with E-state index in [2.05, 4.69) is 24.1 Å². The van der Waals surface area contributed by atoms with Crippen molar-refractivity contribution in [2.45, 2.75) is 13.8 Å². The van der Waals surface area contributed by atoms with Crippen molar-refractivity contribution in [3.63, 3.8) is 0 Å². The molecule has 1 heterocycles. The van der Waals surface area contributed by atoms with Crippen molar-refractivity contribution in [1.82, 2.24) is 10.2 Å². The predicted octanol–water partition coefficient (Wildman–Crippen LogP) is 0.506. The van der Waals surface area contributed by atoms with Crippen LogP contribution in [0.2, 0.25) is 0 Å². The van der Waals surface area contributed by atoms with Crippen molar-refractivity contribution in [2.75, 3.05) is 32.7 Å². The maximum Gasteiger partial charge on any atom is 0.0108 e. The summed E-state index contributed by atoms with van der Waals surface area (Å²) in [7, 11) is 0. The van der Waals surface area contributed by atoms with Gasteiger partial charge < -0.3 is 10.2 Å². The summed E-state index contributed by atoms with van der Waals surface area (Å²) in [4.78, 5) is 2.49. The first-order valence-electron chi connectivity index (χ1n) is 4.01. The normalized spacial score (nSPS) is 21.9. The van der Waals surface area contributed by atoms with Crippen LogP contribution in [0.25, 0.3) is 0 Å². The van der Waals surface area contributed by atoms with Crippen LogP contribution in [-0.4, -0.2) is 37.6 Å². The molecule has 1 fully saturated rings. The van der Waals surface area contributed by atoms with Gasteiger partial charge in [0.25, 0.3) is 0 Å². The van der Waals surface area contributed by atoms with Crippen molar-refractivity contribution in [2.24, 2.45) is 0 Å². The van der Waals surface area contributed by atoms with Crippen LogP contribution in [0.3, 0.4) is 0 Å². The Morgan fingerprint density at radius 2 is 1.90 bits per heavy atom. The lowest BCUT2D eigenvalue weighted by molar-refractivity contribution is 0.250. The van der Waals surface area contributed by atoms with Crippen molar-refractivity contribution in [3.8, 4) is 0 Å². The second kappa shape index (κ2) is 3.94. The molecule has 0 aromatic heterocycles. The third-order valence-electron chi connectivity index (χ3n) is 1.75. The van der Waals surface area contributed by atoms with Crippen molar-refractivity contribution >= 4 is 0 Å². The summed E-state index contributed by atoms with van der Waals surface area (Å²) < 4.78 is 0. The van der Waals surface area contributed by atoms with Gasteiger partial charge in [-0.3, -0.25) is 0 Å². The van der Waals surface area contributed by atoms with E-state index in [4.69, 9.17) is 0 Å². The first kappa shape index (κ1) is 8.02. The van der Waals surface area contributed by atoms with Gasteiger partial charge in [-0.2, -0.15) is 0 Å². The molecule has 0 amide bonds. The Bertz CT molecular complexity index is 85.3. The summed E-state index contributed by atoms with van der Waals surface area (Å²) in [5.74, 6) is 1.52. The lowest BCUT2D eigenvalue weighted by atomic mass is 10.2. The molecule has 0 saturated carbocycles. The Kier molecular flexibility index (Phi) is 3.16. The van der Waals surface area contributed by atoms with Gasteiger partial charge in [0.15, 0.2) is 0 Å². The third kappa shape index (κ3) is 2.67. The molecule has 0 atom stereocenters. The lowest BCUT2D eigenvalue weighted by Crippen LogP contribution is -2.44. The van der Waals surface area contributed by atoms with E-state index in [0.29, 0.717) is 0 Å². The van der Waals surface area contributed by atoms with E-state index >= 15 is 0 Å². The van der Waals surface area contributed by atoms with Gasteiger partial charge in [0.05, 0.1) is 0 Å². The van der Waals surface area contributed by atoms with E-state index in [0.717, 1.165) is 13.1 Å². The van der Waals surface area contributed by atoms with Crippen LogP contribution in [0.4, 0.5) is 0 Å². The number of nitrogens with one attached hydrogen (secondary N) is 1. The molecular formula is C8H17N2. The molecule has 1 aliphatic heterocycles. The summed E-state index contributed by atoms with van der Waals surface area (Å²) >= 11 is 0. The zero-order valence-electron chi connectivity index (χ0n) is 6.98. The number of rotatable bonds is 2. The average molecular weight is 141 g/mol. The van der Waals surface area contributed by atoms with Crippen LogP contribution in [0.1, 0.15) is 13.8 Å². The quantitative estimate of drug-likeness (QED) is 0.602. The van der Waals surface area contributed by atoms with Crippen LogP contribution in [-0.2, 0) is 0 Å². The van der Waals surface area contributed by atoms with Gasteiger partial charge in [0.2, 0.25) is 0 Å². The fourth-order valence-electron chi connectivity index (χ4n) is 1.32. The van der Waals surface area contributed by atoms with Gasteiger partial charge in [-0.25, -0.2) is 0 Å². The van der Waals surface area contributed by atoms with Crippen LogP contribution in [0.5, 0.6) is 0 Å². The fourth-order valence-corrected chi connectivity index (χ4v) is 1.32. The molecule has 1 N–H and O–H groups in total. The second-order valence-corrected chi connectivity index (χ2v) is 3.23. The molecule has 1 aliphatic rings. The van der Waals surface area contributed by atoms with Crippen molar-refractivity contribution < 1.29 is 0 Å². The topological polar surface area (TPSA) is 15.3 Å².